The molecule has 0 unspecified atom stereocenters. The van der Waals surface area contributed by atoms with Crippen molar-refractivity contribution in [2.24, 2.45) is 0 Å². The average molecular weight is 461 g/mol. The lowest BCUT2D eigenvalue weighted by Crippen LogP contribution is -2.31. The van der Waals surface area contributed by atoms with Gasteiger partial charge < -0.3 is 25.2 Å². The highest BCUT2D eigenvalue weighted by Gasteiger charge is 2.25. The Morgan fingerprint density at radius 1 is 1.06 bits per heavy atom. The number of hydrogen-bond donors (Lipinski definition) is 3. The summed E-state index contributed by atoms with van der Waals surface area (Å²) < 4.78 is 5.32. The van der Waals surface area contributed by atoms with Gasteiger partial charge in [0, 0.05) is 42.2 Å². The summed E-state index contributed by atoms with van der Waals surface area (Å²) >= 11 is 0. The smallest absolute Gasteiger partial charge is 0.338 e. The minimum Gasteiger partial charge on any atom is -0.481 e. The maximum atomic E-state index is 12.3. The molecular formula is C25H23N3O6. The number of pyridine rings is 1. The highest BCUT2D eigenvalue weighted by Crippen LogP contribution is 2.40. The molecule has 1 amide bonds. The fourth-order valence-corrected chi connectivity index (χ4v) is 4.14. The second kappa shape index (κ2) is 8.86. The number of aromatic nitrogens is 1. The van der Waals surface area contributed by atoms with Crippen LogP contribution in [0.4, 0.5) is 17.1 Å². The summed E-state index contributed by atoms with van der Waals surface area (Å²) in [5, 5.41) is 22.4. The predicted molar refractivity (Wildman–Crippen MR) is 126 cm³/mol. The molecule has 0 aliphatic carbocycles. The number of fused-ring (bicyclic) bond motifs is 1. The Kier molecular flexibility index (Phi) is 5.93. The van der Waals surface area contributed by atoms with Gasteiger partial charge in [0.2, 0.25) is 11.8 Å². The van der Waals surface area contributed by atoms with Crippen LogP contribution in [0.5, 0.6) is 5.88 Å². The van der Waals surface area contributed by atoms with E-state index >= 15 is 0 Å². The van der Waals surface area contributed by atoms with Gasteiger partial charge in [0.25, 0.3) is 0 Å². The number of hydrogen-bond acceptors (Lipinski definition) is 6. The first-order chi connectivity index (χ1) is 16.2. The Labute approximate surface area is 195 Å². The van der Waals surface area contributed by atoms with Crippen LogP contribution in [-0.4, -0.2) is 47.2 Å². The van der Waals surface area contributed by atoms with Crippen LogP contribution in [0, 0.1) is 6.92 Å². The first kappa shape index (κ1) is 22.8. The van der Waals surface area contributed by atoms with E-state index in [1.54, 1.807) is 24.1 Å². The van der Waals surface area contributed by atoms with Crippen LogP contribution in [0.1, 0.15) is 38.4 Å². The summed E-state index contributed by atoms with van der Waals surface area (Å²) in [6, 6.07) is 11.6. The Bertz CT molecular complexity index is 1330. The predicted octanol–water partition coefficient (Wildman–Crippen LogP) is 4.11. The van der Waals surface area contributed by atoms with Crippen molar-refractivity contribution >= 4 is 34.9 Å². The van der Waals surface area contributed by atoms with Crippen LogP contribution >= 0.6 is 0 Å². The number of methoxy groups -OCH3 is 1. The standard InChI is InChI=1S/C25H23N3O6/c1-13-9-15(11-21(26-13)34-3)17-10-14-7-8-22(29)28(2)20(14)12-19(17)27-18-6-4-5-16(24(30)31)23(18)25(32)33/h4-6,9-12,27H,7-8H2,1-3H3,(H,30,31)(H,32,33). The van der Waals surface area contributed by atoms with E-state index in [-0.39, 0.29) is 22.7 Å². The molecule has 34 heavy (non-hydrogen) atoms. The number of rotatable bonds is 6. The van der Waals surface area contributed by atoms with E-state index in [1.165, 1.54) is 25.3 Å². The molecule has 4 rings (SSSR count). The Balaban J connectivity index is 1.94. The topological polar surface area (TPSA) is 129 Å². The number of carboxylic acids is 2. The number of carbonyl (C=O) groups is 3. The highest BCUT2D eigenvalue weighted by molar-refractivity contribution is 6.07. The Hall–Kier alpha value is -4.40. The summed E-state index contributed by atoms with van der Waals surface area (Å²) in [4.78, 5) is 41.8. The molecule has 2 heterocycles. The van der Waals surface area contributed by atoms with Crippen LogP contribution < -0.4 is 15.0 Å². The number of aromatic carboxylic acids is 2. The van der Waals surface area contributed by atoms with Gasteiger partial charge in [-0.3, -0.25) is 4.79 Å². The molecule has 1 aliphatic rings. The van der Waals surface area contributed by atoms with E-state index in [0.717, 1.165) is 22.4 Å². The zero-order chi connectivity index (χ0) is 24.6. The molecular weight excluding hydrogens is 438 g/mol. The molecule has 1 aliphatic heterocycles. The van der Waals surface area contributed by atoms with Gasteiger partial charge in [-0.25, -0.2) is 14.6 Å². The van der Waals surface area contributed by atoms with Crippen LogP contribution in [0.15, 0.2) is 42.5 Å². The van der Waals surface area contributed by atoms with Crippen molar-refractivity contribution in [3.63, 3.8) is 0 Å². The lowest BCUT2D eigenvalue weighted by Gasteiger charge is -2.28. The van der Waals surface area contributed by atoms with Crippen LogP contribution in [-0.2, 0) is 11.2 Å². The van der Waals surface area contributed by atoms with Crippen LogP contribution in [0.3, 0.4) is 0 Å². The summed E-state index contributed by atoms with van der Waals surface area (Å²) in [6.45, 7) is 1.84. The molecule has 0 spiro atoms. The second-order valence-electron chi connectivity index (χ2n) is 7.98. The number of benzene rings is 2. The Morgan fingerprint density at radius 3 is 2.50 bits per heavy atom. The van der Waals surface area contributed by atoms with Gasteiger partial charge in [-0.05, 0) is 54.8 Å². The van der Waals surface area contributed by atoms with Gasteiger partial charge in [0.1, 0.15) is 0 Å². The van der Waals surface area contributed by atoms with Gasteiger partial charge in [0.15, 0.2) is 0 Å². The van der Waals surface area contributed by atoms with E-state index in [2.05, 4.69) is 10.3 Å². The molecule has 3 N–H and O–H groups in total. The number of amides is 1. The van der Waals surface area contributed by atoms with Crippen LogP contribution in [0.2, 0.25) is 0 Å². The zero-order valence-electron chi connectivity index (χ0n) is 18.9. The minimum absolute atomic E-state index is 0.0216. The van der Waals surface area contributed by atoms with Crippen molar-refractivity contribution in [2.45, 2.75) is 19.8 Å². The van der Waals surface area contributed by atoms with Gasteiger partial charge >= 0.3 is 11.9 Å². The van der Waals surface area contributed by atoms with E-state index in [9.17, 15) is 24.6 Å². The zero-order valence-corrected chi connectivity index (χ0v) is 18.9. The molecule has 9 heteroatoms. The van der Waals surface area contributed by atoms with Crippen molar-refractivity contribution in [2.75, 3.05) is 24.4 Å². The third-order valence-electron chi connectivity index (χ3n) is 5.79. The molecule has 0 bridgehead atoms. The van der Waals surface area contributed by atoms with Crippen molar-refractivity contribution in [3.05, 3.63) is 64.8 Å². The maximum Gasteiger partial charge on any atom is 0.338 e. The summed E-state index contributed by atoms with van der Waals surface area (Å²) in [6.07, 6.45) is 0.958. The number of anilines is 3. The summed E-state index contributed by atoms with van der Waals surface area (Å²) in [7, 11) is 3.21. The first-order valence-corrected chi connectivity index (χ1v) is 10.5. The molecule has 0 atom stereocenters. The third-order valence-corrected chi connectivity index (χ3v) is 5.79. The highest BCUT2D eigenvalue weighted by atomic mass is 16.5. The summed E-state index contributed by atoms with van der Waals surface area (Å²) in [5.74, 6) is -2.31. The van der Waals surface area contributed by atoms with Crippen LogP contribution in [0.25, 0.3) is 11.1 Å². The minimum atomic E-state index is -1.37. The number of ether oxygens (including phenoxy) is 1. The molecule has 0 saturated carbocycles. The van der Waals surface area contributed by atoms with Crippen molar-refractivity contribution in [3.8, 4) is 17.0 Å². The van der Waals surface area contributed by atoms with E-state index in [1.807, 2.05) is 19.1 Å². The lowest BCUT2D eigenvalue weighted by molar-refractivity contribution is -0.118. The fourth-order valence-electron chi connectivity index (χ4n) is 4.14. The fraction of sp³-hybridized carbons (Fsp3) is 0.200. The third kappa shape index (κ3) is 4.15. The van der Waals surface area contributed by atoms with Crippen molar-refractivity contribution < 1.29 is 29.3 Å². The molecule has 1 aromatic heterocycles. The number of carboxylic acid groups (broad SMARTS) is 2. The number of carbonyl (C=O) groups excluding carboxylic acids is 1. The second-order valence-corrected chi connectivity index (χ2v) is 7.98. The largest absolute Gasteiger partial charge is 0.481 e. The van der Waals surface area contributed by atoms with Gasteiger partial charge in [-0.1, -0.05) is 6.07 Å². The van der Waals surface area contributed by atoms with Gasteiger partial charge in [-0.2, -0.15) is 0 Å². The summed E-state index contributed by atoms with van der Waals surface area (Å²) in [5.41, 5.74) is 3.86. The lowest BCUT2D eigenvalue weighted by atomic mass is 9.94. The quantitative estimate of drug-likeness (QED) is 0.500. The van der Waals surface area contributed by atoms with Crippen molar-refractivity contribution in [1.82, 2.24) is 4.98 Å². The number of nitrogens with zero attached hydrogens (tertiary/aromatic N) is 2. The first-order valence-electron chi connectivity index (χ1n) is 10.5. The van der Waals surface area contributed by atoms with Crippen molar-refractivity contribution in [1.29, 1.82) is 0 Å². The molecule has 0 saturated heterocycles. The maximum absolute atomic E-state index is 12.3. The Morgan fingerprint density at radius 2 is 1.82 bits per heavy atom. The molecule has 2 aromatic carbocycles. The molecule has 3 aromatic rings. The van der Waals surface area contributed by atoms with Gasteiger partial charge in [-0.15, -0.1) is 0 Å². The number of nitrogens with one attached hydrogen (secondary N) is 1. The van der Waals surface area contributed by atoms with E-state index in [4.69, 9.17) is 4.74 Å². The van der Waals surface area contributed by atoms with E-state index in [0.29, 0.717) is 30.1 Å². The van der Waals surface area contributed by atoms with Gasteiger partial charge in [0.05, 0.1) is 23.9 Å². The normalized spacial score (nSPS) is 12.8. The number of aryl methyl sites for hydroxylation is 2. The average Bonchev–Trinajstić information content (AvgIpc) is 2.80. The molecule has 0 radical (unpaired) electrons. The molecule has 9 nitrogen and oxygen atoms in total. The molecule has 0 fully saturated rings. The van der Waals surface area contributed by atoms with E-state index < -0.39 is 11.9 Å². The molecule has 174 valence electrons. The SMILES string of the molecule is COc1cc(-c2cc3c(cc2Nc2cccc(C(=O)O)c2C(=O)O)N(C)C(=O)CC3)cc(C)n1. The monoisotopic (exact) mass is 461 g/mol.